The number of aromatic amines is 1. The molecule has 1 saturated heterocycles. The van der Waals surface area contributed by atoms with Crippen molar-refractivity contribution < 1.29 is 14.3 Å². The van der Waals surface area contributed by atoms with E-state index >= 15 is 0 Å². The first-order valence-electron chi connectivity index (χ1n) is 12.7. The fourth-order valence-corrected chi connectivity index (χ4v) is 4.82. The van der Waals surface area contributed by atoms with Gasteiger partial charge in [0.2, 0.25) is 5.91 Å². The molecule has 1 aromatic carbocycles. The topological polar surface area (TPSA) is 98.8 Å². The van der Waals surface area contributed by atoms with E-state index < -0.39 is 0 Å². The Morgan fingerprint density at radius 2 is 1.86 bits per heavy atom. The Labute approximate surface area is 211 Å². The lowest BCUT2D eigenvalue weighted by atomic mass is 10.2. The van der Waals surface area contributed by atoms with Gasteiger partial charge in [0.25, 0.3) is 0 Å². The van der Waals surface area contributed by atoms with E-state index in [0.717, 1.165) is 78.7 Å². The van der Waals surface area contributed by atoms with Crippen molar-refractivity contribution in [3.05, 3.63) is 36.3 Å². The number of carbonyl (C=O) groups is 1. The highest BCUT2D eigenvalue weighted by Crippen LogP contribution is 2.34. The van der Waals surface area contributed by atoms with Crippen molar-refractivity contribution in [2.24, 2.45) is 0 Å². The molecule has 10 nitrogen and oxygen atoms in total. The van der Waals surface area contributed by atoms with E-state index in [9.17, 15) is 4.79 Å². The van der Waals surface area contributed by atoms with Crippen LogP contribution in [0, 0.1) is 0 Å². The third-order valence-electron chi connectivity index (χ3n) is 6.82. The maximum absolute atomic E-state index is 12.6. The molecule has 3 aromatic rings. The van der Waals surface area contributed by atoms with Gasteiger partial charge in [-0.1, -0.05) is 0 Å². The molecule has 0 atom stereocenters. The quantitative estimate of drug-likeness (QED) is 0.534. The van der Waals surface area contributed by atoms with Gasteiger partial charge in [-0.2, -0.15) is 0 Å². The minimum Gasteiger partial charge on any atom is -0.491 e. The van der Waals surface area contributed by atoms with Crippen LogP contribution in [0.3, 0.4) is 0 Å². The van der Waals surface area contributed by atoms with Crippen LogP contribution in [0.15, 0.2) is 30.7 Å². The molecule has 0 spiro atoms. The van der Waals surface area contributed by atoms with Crippen LogP contribution < -0.4 is 15.0 Å². The molecule has 10 heteroatoms. The van der Waals surface area contributed by atoms with Crippen LogP contribution in [0.4, 0.5) is 17.2 Å². The van der Waals surface area contributed by atoms with Gasteiger partial charge in [0.1, 0.15) is 23.5 Å². The second kappa shape index (κ2) is 11.1. The first kappa shape index (κ1) is 24.3. The van der Waals surface area contributed by atoms with E-state index in [0.29, 0.717) is 32.7 Å². The molecule has 1 amide bonds. The summed E-state index contributed by atoms with van der Waals surface area (Å²) in [6.07, 6.45) is 5.64. The minimum absolute atomic E-state index is 0.157. The molecule has 4 heterocycles. The zero-order chi connectivity index (χ0) is 24.9. The van der Waals surface area contributed by atoms with E-state index in [2.05, 4.69) is 49.2 Å². The van der Waals surface area contributed by atoms with Crippen LogP contribution in [0.1, 0.15) is 24.8 Å². The van der Waals surface area contributed by atoms with Crippen LogP contribution in [0.2, 0.25) is 0 Å². The van der Waals surface area contributed by atoms with Crippen molar-refractivity contribution in [2.75, 3.05) is 70.3 Å². The Bertz CT molecular complexity index is 1190. The summed E-state index contributed by atoms with van der Waals surface area (Å²) in [5.41, 5.74) is 3.86. The van der Waals surface area contributed by atoms with Gasteiger partial charge in [0.05, 0.1) is 30.9 Å². The van der Waals surface area contributed by atoms with Crippen LogP contribution in [0.5, 0.6) is 5.75 Å². The molecule has 0 unspecified atom stereocenters. The number of aromatic nitrogens is 3. The molecule has 2 N–H and O–H groups in total. The summed E-state index contributed by atoms with van der Waals surface area (Å²) in [5.74, 6) is 1.72. The number of ether oxygens (including phenoxy) is 2. The van der Waals surface area contributed by atoms with Crippen molar-refractivity contribution in [3.8, 4) is 5.75 Å². The zero-order valence-corrected chi connectivity index (χ0v) is 21.1. The van der Waals surface area contributed by atoms with Gasteiger partial charge in [-0.3, -0.25) is 4.79 Å². The third kappa shape index (κ3) is 5.55. The van der Waals surface area contributed by atoms with Gasteiger partial charge in [-0.05, 0) is 44.1 Å². The number of carbonyl (C=O) groups excluding carboxylic acids is 1. The van der Waals surface area contributed by atoms with E-state index in [1.54, 1.807) is 6.33 Å². The summed E-state index contributed by atoms with van der Waals surface area (Å²) in [7, 11) is 3.99. The van der Waals surface area contributed by atoms with Crippen molar-refractivity contribution in [1.82, 2.24) is 24.8 Å². The van der Waals surface area contributed by atoms with Gasteiger partial charge >= 0.3 is 0 Å². The van der Waals surface area contributed by atoms with Gasteiger partial charge in [-0.15, -0.1) is 0 Å². The molecule has 5 rings (SSSR count). The van der Waals surface area contributed by atoms with Crippen molar-refractivity contribution in [2.45, 2.75) is 25.8 Å². The molecule has 2 aliphatic rings. The van der Waals surface area contributed by atoms with Crippen molar-refractivity contribution >= 4 is 34.1 Å². The molecule has 1 fully saturated rings. The molecule has 0 radical (unpaired) electrons. The predicted molar refractivity (Wildman–Crippen MR) is 140 cm³/mol. The summed E-state index contributed by atoms with van der Waals surface area (Å²) < 4.78 is 11.8. The highest BCUT2D eigenvalue weighted by atomic mass is 16.5. The zero-order valence-electron chi connectivity index (χ0n) is 21.1. The SMILES string of the molecule is CN1CCCN(C)C(=O)CCCOc2cc(ccc2N2CCOCC2)Nc2ncnc3[nH]cc(c23)C1. The molecule has 192 valence electrons. The number of benzene rings is 1. The number of anilines is 3. The maximum atomic E-state index is 12.6. The second-order valence-corrected chi connectivity index (χ2v) is 9.53. The third-order valence-corrected chi connectivity index (χ3v) is 6.82. The Balaban J connectivity index is 1.48. The smallest absolute Gasteiger partial charge is 0.222 e. The molecule has 36 heavy (non-hydrogen) atoms. The Morgan fingerprint density at radius 1 is 1.00 bits per heavy atom. The van der Waals surface area contributed by atoms with Crippen LogP contribution in [0.25, 0.3) is 11.0 Å². The Morgan fingerprint density at radius 3 is 2.72 bits per heavy atom. The highest BCUT2D eigenvalue weighted by molar-refractivity contribution is 5.92. The van der Waals surface area contributed by atoms with E-state index in [-0.39, 0.29) is 5.91 Å². The van der Waals surface area contributed by atoms with E-state index in [1.165, 1.54) is 0 Å². The number of amides is 1. The van der Waals surface area contributed by atoms with E-state index in [4.69, 9.17) is 9.47 Å². The van der Waals surface area contributed by atoms with Crippen molar-refractivity contribution in [3.63, 3.8) is 0 Å². The fourth-order valence-electron chi connectivity index (χ4n) is 4.82. The molecule has 0 saturated carbocycles. The summed E-state index contributed by atoms with van der Waals surface area (Å²) >= 11 is 0. The lowest BCUT2D eigenvalue weighted by Crippen LogP contribution is -2.36. The molecule has 2 aromatic heterocycles. The number of rotatable bonds is 1. The Hall–Kier alpha value is -3.37. The maximum Gasteiger partial charge on any atom is 0.222 e. The summed E-state index contributed by atoms with van der Waals surface area (Å²) in [5, 5.41) is 4.48. The average molecular weight is 494 g/mol. The van der Waals surface area contributed by atoms with Crippen LogP contribution >= 0.6 is 0 Å². The molecule has 2 aliphatic heterocycles. The van der Waals surface area contributed by atoms with Gasteiger partial charge in [0, 0.05) is 57.6 Å². The second-order valence-electron chi connectivity index (χ2n) is 9.53. The molecular formula is C26H35N7O3. The first-order valence-corrected chi connectivity index (χ1v) is 12.7. The largest absolute Gasteiger partial charge is 0.491 e. The minimum atomic E-state index is 0.157. The molecular weight excluding hydrogens is 458 g/mol. The number of morpholine rings is 1. The number of fused-ring (bicyclic) bond motifs is 2. The summed E-state index contributed by atoms with van der Waals surface area (Å²) in [4.78, 5) is 31.3. The number of hydrogen-bond acceptors (Lipinski definition) is 8. The molecule has 0 aliphatic carbocycles. The van der Waals surface area contributed by atoms with E-state index in [1.807, 2.05) is 24.2 Å². The van der Waals surface area contributed by atoms with Gasteiger partial charge in [-0.25, -0.2) is 9.97 Å². The Kier molecular flexibility index (Phi) is 7.52. The summed E-state index contributed by atoms with van der Waals surface area (Å²) in [6.45, 7) is 5.88. The first-order chi connectivity index (χ1) is 17.6. The monoisotopic (exact) mass is 493 g/mol. The fraction of sp³-hybridized carbons (Fsp3) is 0.500. The highest BCUT2D eigenvalue weighted by Gasteiger charge is 2.19. The number of hydrogen-bond donors (Lipinski definition) is 2. The standard InChI is InChI=1S/C26H35N7O3/c1-31-8-4-9-32(2)23(34)5-3-12-36-22-15-20(6-7-21(22)33-10-13-35-14-11-33)30-26-24-19(17-31)16-27-25(24)28-18-29-26/h6-7,15-16,18H,3-5,8-14,17H2,1-2H3,(H2,27,28,29,30). The van der Waals surface area contributed by atoms with Crippen LogP contribution in [-0.2, 0) is 16.1 Å². The lowest BCUT2D eigenvalue weighted by molar-refractivity contribution is -0.130. The summed E-state index contributed by atoms with van der Waals surface area (Å²) in [6, 6.07) is 6.17. The normalized spacial score (nSPS) is 18.9. The molecule has 2 bridgehead atoms. The average Bonchev–Trinajstić information content (AvgIpc) is 3.30. The van der Waals surface area contributed by atoms with Gasteiger partial charge in [0.15, 0.2) is 0 Å². The number of nitrogens with one attached hydrogen (secondary N) is 2. The number of H-pyrrole nitrogens is 1. The lowest BCUT2D eigenvalue weighted by Gasteiger charge is -2.30. The number of nitrogens with zero attached hydrogens (tertiary/aromatic N) is 5. The predicted octanol–water partition coefficient (Wildman–Crippen LogP) is 2.99. The van der Waals surface area contributed by atoms with Gasteiger partial charge < -0.3 is 34.5 Å². The van der Waals surface area contributed by atoms with Crippen molar-refractivity contribution in [1.29, 1.82) is 0 Å². The van der Waals surface area contributed by atoms with Crippen LogP contribution in [-0.4, -0.2) is 90.8 Å².